The Balaban J connectivity index is 1.87. The summed E-state index contributed by atoms with van der Waals surface area (Å²) in [6, 6.07) is 3.27. The highest BCUT2D eigenvalue weighted by molar-refractivity contribution is 6.02. The predicted molar refractivity (Wildman–Crippen MR) is 79.2 cm³/mol. The molecule has 3 amide bonds. The van der Waals surface area contributed by atoms with E-state index < -0.39 is 6.03 Å². The predicted octanol–water partition coefficient (Wildman–Crippen LogP) is 1.29. The van der Waals surface area contributed by atoms with Crippen molar-refractivity contribution in [2.75, 3.05) is 13.2 Å². The van der Waals surface area contributed by atoms with Crippen molar-refractivity contribution in [2.45, 2.75) is 26.4 Å². The Hall–Kier alpha value is -2.57. The third kappa shape index (κ3) is 2.74. The summed E-state index contributed by atoms with van der Waals surface area (Å²) in [7, 11) is 0. The first-order valence-electron chi connectivity index (χ1n) is 7.18. The molecule has 116 valence electrons. The minimum atomic E-state index is -0.523. The van der Waals surface area contributed by atoms with Crippen LogP contribution in [0.2, 0.25) is 0 Å². The number of carbonyl (C=O) groups excluding carboxylic acids is 2. The Kier molecular flexibility index (Phi) is 3.70. The molecule has 0 spiro atoms. The summed E-state index contributed by atoms with van der Waals surface area (Å²) in [5.74, 6) is 1.13. The van der Waals surface area contributed by atoms with E-state index in [2.05, 4.69) is 10.4 Å². The number of rotatable bonds is 4. The largest absolute Gasteiger partial charge is 0.493 e. The monoisotopic (exact) mass is 303 g/mol. The van der Waals surface area contributed by atoms with E-state index >= 15 is 0 Å². The average molecular weight is 303 g/mol. The normalized spacial score (nSPS) is 20.3. The Bertz CT molecular complexity index is 656. The topological polar surface area (TPSA) is 80.2 Å². The second kappa shape index (κ2) is 5.67. The second-order valence-electron chi connectivity index (χ2n) is 5.22. The molecular formula is C15H17N3O4. The summed E-state index contributed by atoms with van der Waals surface area (Å²) in [6.07, 6.45) is 2.49. The number of amides is 3. The SMILES string of the molecule is CCOc1cc2c(cc1/C=N\N1CC(=O)NC1=O)O[C@H](C)C2. The fraction of sp³-hybridized carbons (Fsp3) is 0.400. The van der Waals surface area contributed by atoms with Gasteiger partial charge in [0, 0.05) is 17.5 Å². The van der Waals surface area contributed by atoms with Crippen molar-refractivity contribution in [1.82, 2.24) is 10.3 Å². The van der Waals surface area contributed by atoms with Gasteiger partial charge in [-0.25, -0.2) is 9.80 Å². The maximum atomic E-state index is 11.5. The van der Waals surface area contributed by atoms with Gasteiger partial charge in [0.05, 0.1) is 12.8 Å². The Morgan fingerprint density at radius 3 is 3.00 bits per heavy atom. The van der Waals surface area contributed by atoms with E-state index in [0.29, 0.717) is 17.9 Å². The molecule has 0 aliphatic carbocycles. The van der Waals surface area contributed by atoms with Crippen LogP contribution in [0.25, 0.3) is 0 Å². The zero-order valence-corrected chi connectivity index (χ0v) is 12.5. The molecule has 1 saturated heterocycles. The van der Waals surface area contributed by atoms with Gasteiger partial charge in [0.1, 0.15) is 24.1 Å². The van der Waals surface area contributed by atoms with Crippen molar-refractivity contribution in [3.05, 3.63) is 23.3 Å². The van der Waals surface area contributed by atoms with Crippen LogP contribution in [0.4, 0.5) is 4.79 Å². The van der Waals surface area contributed by atoms with Crippen molar-refractivity contribution < 1.29 is 19.1 Å². The number of hydrogen-bond acceptors (Lipinski definition) is 5. The summed E-state index contributed by atoms with van der Waals surface area (Å²) in [5.41, 5.74) is 1.81. The maximum absolute atomic E-state index is 11.5. The van der Waals surface area contributed by atoms with Crippen molar-refractivity contribution in [2.24, 2.45) is 5.10 Å². The van der Waals surface area contributed by atoms with Crippen LogP contribution in [0.1, 0.15) is 25.0 Å². The second-order valence-corrected chi connectivity index (χ2v) is 5.22. The van der Waals surface area contributed by atoms with Crippen LogP contribution >= 0.6 is 0 Å². The first kappa shape index (κ1) is 14.4. The highest BCUT2D eigenvalue weighted by Crippen LogP contribution is 2.34. The van der Waals surface area contributed by atoms with Gasteiger partial charge in [-0.05, 0) is 26.0 Å². The van der Waals surface area contributed by atoms with E-state index in [9.17, 15) is 9.59 Å². The number of carbonyl (C=O) groups is 2. The fourth-order valence-corrected chi connectivity index (χ4v) is 2.49. The van der Waals surface area contributed by atoms with E-state index in [4.69, 9.17) is 9.47 Å². The van der Waals surface area contributed by atoms with Crippen LogP contribution in [0, 0.1) is 0 Å². The smallest absolute Gasteiger partial charge is 0.344 e. The van der Waals surface area contributed by atoms with Crippen LogP contribution in [-0.4, -0.2) is 42.4 Å². The summed E-state index contributed by atoms with van der Waals surface area (Å²) >= 11 is 0. The number of nitrogens with one attached hydrogen (secondary N) is 1. The molecule has 1 aromatic rings. The molecule has 1 N–H and O–H groups in total. The van der Waals surface area contributed by atoms with Crippen molar-refractivity contribution in [1.29, 1.82) is 0 Å². The first-order chi connectivity index (χ1) is 10.6. The van der Waals surface area contributed by atoms with E-state index in [-0.39, 0.29) is 18.6 Å². The zero-order valence-electron chi connectivity index (χ0n) is 12.5. The number of hydrazone groups is 1. The highest BCUT2D eigenvalue weighted by Gasteiger charge is 2.26. The lowest BCUT2D eigenvalue weighted by molar-refractivity contribution is -0.118. The number of fused-ring (bicyclic) bond motifs is 1. The van der Waals surface area contributed by atoms with Gasteiger partial charge in [0.15, 0.2) is 0 Å². The molecule has 1 aromatic carbocycles. The lowest BCUT2D eigenvalue weighted by Gasteiger charge is -2.10. The van der Waals surface area contributed by atoms with Gasteiger partial charge >= 0.3 is 6.03 Å². The van der Waals surface area contributed by atoms with Crippen molar-refractivity contribution in [3.63, 3.8) is 0 Å². The molecule has 0 bridgehead atoms. The summed E-state index contributed by atoms with van der Waals surface area (Å²) in [5, 5.41) is 7.30. The quantitative estimate of drug-likeness (QED) is 0.671. The van der Waals surface area contributed by atoms with E-state index in [0.717, 1.165) is 22.7 Å². The molecular weight excluding hydrogens is 286 g/mol. The molecule has 1 atom stereocenters. The van der Waals surface area contributed by atoms with Gasteiger partial charge in [-0.1, -0.05) is 0 Å². The van der Waals surface area contributed by atoms with Crippen molar-refractivity contribution in [3.8, 4) is 11.5 Å². The Morgan fingerprint density at radius 2 is 2.32 bits per heavy atom. The molecule has 3 rings (SSSR count). The molecule has 2 aliphatic heterocycles. The number of imide groups is 1. The first-order valence-corrected chi connectivity index (χ1v) is 7.18. The third-order valence-corrected chi connectivity index (χ3v) is 3.44. The standard InChI is InChI=1S/C15H17N3O4/c1-3-21-12-5-10-4-9(2)22-13(10)6-11(12)7-16-18-8-14(19)17-15(18)20/h5-7,9H,3-4,8H2,1-2H3,(H,17,19,20)/b16-7-/t9-/m1/s1. The van der Waals surface area contributed by atoms with Crippen LogP contribution in [0.15, 0.2) is 17.2 Å². The third-order valence-electron chi connectivity index (χ3n) is 3.44. The highest BCUT2D eigenvalue weighted by atomic mass is 16.5. The minimum Gasteiger partial charge on any atom is -0.493 e. The lowest BCUT2D eigenvalue weighted by Crippen LogP contribution is -2.24. The van der Waals surface area contributed by atoms with Gasteiger partial charge in [0.25, 0.3) is 0 Å². The molecule has 2 heterocycles. The fourth-order valence-electron chi connectivity index (χ4n) is 2.49. The van der Waals surface area contributed by atoms with E-state index in [1.54, 1.807) is 0 Å². The molecule has 2 aliphatic rings. The van der Waals surface area contributed by atoms with Crippen LogP contribution in [0.5, 0.6) is 11.5 Å². The molecule has 0 radical (unpaired) electrons. The summed E-state index contributed by atoms with van der Waals surface area (Å²) in [4.78, 5) is 22.6. The van der Waals surface area contributed by atoms with Gasteiger partial charge < -0.3 is 9.47 Å². The zero-order chi connectivity index (χ0) is 15.7. The number of urea groups is 1. The minimum absolute atomic E-state index is 0.0717. The molecule has 7 heteroatoms. The van der Waals surface area contributed by atoms with Crippen molar-refractivity contribution >= 4 is 18.2 Å². The number of hydrogen-bond donors (Lipinski definition) is 1. The molecule has 22 heavy (non-hydrogen) atoms. The lowest BCUT2D eigenvalue weighted by atomic mass is 10.1. The Labute approximate surface area is 127 Å². The molecule has 0 aromatic heterocycles. The maximum Gasteiger partial charge on any atom is 0.344 e. The Morgan fingerprint density at radius 1 is 1.50 bits per heavy atom. The summed E-state index contributed by atoms with van der Waals surface area (Å²) in [6.45, 7) is 4.37. The summed E-state index contributed by atoms with van der Waals surface area (Å²) < 4.78 is 11.4. The average Bonchev–Trinajstić information content (AvgIpc) is 2.97. The molecule has 0 unspecified atom stereocenters. The van der Waals surface area contributed by atoms with Crippen LogP contribution in [0.3, 0.4) is 0 Å². The van der Waals surface area contributed by atoms with Gasteiger partial charge in [-0.15, -0.1) is 0 Å². The number of ether oxygens (including phenoxy) is 2. The molecule has 1 fully saturated rings. The number of benzene rings is 1. The van der Waals surface area contributed by atoms with Gasteiger partial charge in [0.2, 0.25) is 5.91 Å². The van der Waals surface area contributed by atoms with Gasteiger partial charge in [-0.3, -0.25) is 10.1 Å². The van der Waals surface area contributed by atoms with E-state index in [1.165, 1.54) is 6.21 Å². The molecule has 0 saturated carbocycles. The van der Waals surface area contributed by atoms with Crippen LogP contribution in [-0.2, 0) is 11.2 Å². The van der Waals surface area contributed by atoms with Crippen LogP contribution < -0.4 is 14.8 Å². The van der Waals surface area contributed by atoms with E-state index in [1.807, 2.05) is 26.0 Å². The number of nitrogens with zero attached hydrogens (tertiary/aromatic N) is 2. The van der Waals surface area contributed by atoms with Gasteiger partial charge in [-0.2, -0.15) is 5.10 Å². The molecule has 7 nitrogen and oxygen atoms in total.